The molecular formula is C27H34N4O2S. The summed E-state index contributed by atoms with van der Waals surface area (Å²) < 4.78 is 0. The maximum Gasteiger partial charge on any atom is 0.252 e. The van der Waals surface area contributed by atoms with Gasteiger partial charge in [0.05, 0.1) is 28.2 Å². The Morgan fingerprint density at radius 2 is 1.94 bits per heavy atom. The molecule has 34 heavy (non-hydrogen) atoms. The van der Waals surface area contributed by atoms with Crippen molar-refractivity contribution >= 4 is 34.1 Å². The number of hydrogen-bond donors (Lipinski definition) is 2. The van der Waals surface area contributed by atoms with Crippen LogP contribution < -0.4 is 11.1 Å². The largest absolute Gasteiger partial charge is 0.349 e. The van der Waals surface area contributed by atoms with Gasteiger partial charge in [-0.2, -0.15) is 0 Å². The molecule has 0 unspecified atom stereocenters. The van der Waals surface area contributed by atoms with Crippen LogP contribution in [0.3, 0.4) is 0 Å². The van der Waals surface area contributed by atoms with Crippen molar-refractivity contribution in [3.8, 4) is 10.6 Å². The summed E-state index contributed by atoms with van der Waals surface area (Å²) >= 11 is 1.58. The zero-order valence-electron chi connectivity index (χ0n) is 20.0. The van der Waals surface area contributed by atoms with Crippen LogP contribution in [0.2, 0.25) is 0 Å². The average molecular weight is 479 g/mol. The fourth-order valence-corrected chi connectivity index (χ4v) is 5.75. The molecule has 1 aliphatic carbocycles. The molecule has 0 aliphatic heterocycles. The Morgan fingerprint density at radius 3 is 2.62 bits per heavy atom. The summed E-state index contributed by atoms with van der Waals surface area (Å²) in [4.78, 5) is 34.1. The zero-order chi connectivity index (χ0) is 24.1. The fourth-order valence-electron chi connectivity index (χ4n) is 5.01. The van der Waals surface area contributed by atoms with Crippen LogP contribution >= 0.6 is 11.3 Å². The molecular weight excluding hydrogens is 444 g/mol. The molecule has 6 nitrogen and oxygen atoms in total. The molecule has 1 aliphatic rings. The molecule has 1 fully saturated rings. The first-order chi connectivity index (χ1) is 16.5. The van der Waals surface area contributed by atoms with Crippen molar-refractivity contribution in [1.82, 2.24) is 15.2 Å². The minimum Gasteiger partial charge on any atom is -0.349 e. The zero-order valence-corrected chi connectivity index (χ0v) is 20.9. The number of carbonyl (C=O) groups excluding carboxylic acids is 2. The molecule has 1 atom stereocenters. The summed E-state index contributed by atoms with van der Waals surface area (Å²) in [5.74, 6) is 0.257. The minimum absolute atomic E-state index is 0.0660. The number of nitrogens with zero attached hydrogens (tertiary/aromatic N) is 2. The lowest BCUT2D eigenvalue weighted by atomic mass is 9.84. The van der Waals surface area contributed by atoms with Gasteiger partial charge < -0.3 is 16.0 Å². The van der Waals surface area contributed by atoms with Gasteiger partial charge >= 0.3 is 0 Å². The van der Waals surface area contributed by atoms with E-state index in [9.17, 15) is 9.59 Å². The van der Waals surface area contributed by atoms with Crippen LogP contribution in [-0.2, 0) is 11.3 Å². The van der Waals surface area contributed by atoms with Crippen LogP contribution in [0.4, 0.5) is 0 Å². The maximum absolute atomic E-state index is 13.9. The Hall–Kier alpha value is -2.77. The first kappa shape index (κ1) is 24.4. The van der Waals surface area contributed by atoms with Crippen LogP contribution in [0.25, 0.3) is 21.5 Å². The van der Waals surface area contributed by atoms with E-state index in [0.29, 0.717) is 18.0 Å². The number of amides is 2. The predicted molar refractivity (Wildman–Crippen MR) is 139 cm³/mol. The number of likely N-dealkylation sites (N-methyl/N-ethyl adjacent to an activating group) is 1. The second-order valence-electron chi connectivity index (χ2n) is 9.08. The summed E-state index contributed by atoms with van der Waals surface area (Å²) in [6, 6.07) is 11.8. The van der Waals surface area contributed by atoms with Crippen molar-refractivity contribution in [3.63, 3.8) is 0 Å². The average Bonchev–Trinajstić information content (AvgIpc) is 3.41. The number of thiophene rings is 1. The second kappa shape index (κ2) is 11.1. The van der Waals surface area contributed by atoms with Crippen LogP contribution in [0.15, 0.2) is 41.8 Å². The molecule has 2 heterocycles. The third-order valence-corrected chi connectivity index (χ3v) is 7.83. The summed E-state index contributed by atoms with van der Waals surface area (Å²) in [5.41, 5.74) is 8.61. The highest BCUT2D eigenvalue weighted by Gasteiger charge is 2.27. The number of hydrogen-bond acceptors (Lipinski definition) is 5. The molecule has 3 N–H and O–H groups in total. The molecule has 0 bridgehead atoms. The first-order valence-electron chi connectivity index (χ1n) is 12.3. The van der Waals surface area contributed by atoms with E-state index in [1.807, 2.05) is 48.7 Å². The Bertz CT molecular complexity index is 1140. The molecule has 2 amide bonds. The molecule has 4 rings (SSSR count). The van der Waals surface area contributed by atoms with E-state index in [2.05, 4.69) is 12.2 Å². The summed E-state index contributed by atoms with van der Waals surface area (Å²) in [6.07, 6.45) is 6.04. The van der Waals surface area contributed by atoms with Gasteiger partial charge in [0.2, 0.25) is 5.91 Å². The Labute approximate surface area is 205 Å². The van der Waals surface area contributed by atoms with E-state index in [0.717, 1.165) is 39.9 Å². The SMILES string of the molecule is CCN(Cc1c(-c2cccs2)nc2ccccc2c1C(=O)N[C@@H](C)C1CCCCC1)C(=O)CN. The number of benzene rings is 1. The van der Waals surface area contributed by atoms with Gasteiger partial charge in [-0.3, -0.25) is 9.59 Å². The number of carbonyl (C=O) groups is 2. The lowest BCUT2D eigenvalue weighted by Gasteiger charge is -2.29. The van der Waals surface area contributed by atoms with E-state index >= 15 is 0 Å². The summed E-state index contributed by atoms with van der Waals surface area (Å²) in [5, 5.41) is 6.13. The monoisotopic (exact) mass is 478 g/mol. The molecule has 1 aromatic carbocycles. The highest BCUT2D eigenvalue weighted by molar-refractivity contribution is 7.13. The van der Waals surface area contributed by atoms with E-state index in [1.165, 1.54) is 19.3 Å². The normalized spacial score (nSPS) is 15.3. The van der Waals surface area contributed by atoms with Crippen molar-refractivity contribution in [1.29, 1.82) is 0 Å². The second-order valence-corrected chi connectivity index (χ2v) is 10.0. The molecule has 7 heteroatoms. The molecule has 1 saturated carbocycles. The molecule has 2 aromatic heterocycles. The van der Waals surface area contributed by atoms with E-state index < -0.39 is 0 Å². The van der Waals surface area contributed by atoms with Crippen LogP contribution in [0.1, 0.15) is 61.9 Å². The molecule has 180 valence electrons. The van der Waals surface area contributed by atoms with E-state index in [1.54, 1.807) is 16.2 Å². The molecule has 0 spiro atoms. The summed E-state index contributed by atoms with van der Waals surface area (Å²) in [7, 11) is 0. The first-order valence-corrected chi connectivity index (χ1v) is 13.2. The van der Waals surface area contributed by atoms with Gasteiger partial charge in [-0.05, 0) is 50.1 Å². The lowest BCUT2D eigenvalue weighted by molar-refractivity contribution is -0.130. The Balaban J connectivity index is 1.83. The fraction of sp³-hybridized carbons (Fsp3) is 0.444. The van der Waals surface area contributed by atoms with Crippen LogP contribution in [0, 0.1) is 5.92 Å². The quantitative estimate of drug-likeness (QED) is 0.478. The molecule has 3 aromatic rings. The van der Waals surface area contributed by atoms with Crippen molar-refractivity contribution < 1.29 is 9.59 Å². The lowest BCUT2D eigenvalue weighted by Crippen LogP contribution is -2.40. The molecule has 0 saturated heterocycles. The third kappa shape index (κ3) is 5.15. The van der Waals surface area contributed by atoms with Crippen molar-refractivity contribution in [2.45, 2.75) is 58.5 Å². The standard InChI is InChI=1S/C27H34N4O2S/c1-3-31(24(32)16-28)17-21-25(27(33)29-18(2)19-10-5-4-6-11-19)20-12-7-8-13-22(20)30-26(21)23-14-9-15-34-23/h7-9,12-15,18-19H,3-6,10-11,16-17,28H2,1-2H3,(H,29,33)/t18-/m0/s1. The van der Waals surface area contributed by atoms with Crippen LogP contribution in [-0.4, -0.2) is 40.8 Å². The Morgan fingerprint density at radius 1 is 1.18 bits per heavy atom. The number of nitrogens with two attached hydrogens (primary N) is 1. The topological polar surface area (TPSA) is 88.3 Å². The van der Waals surface area contributed by atoms with Crippen LogP contribution in [0.5, 0.6) is 0 Å². The number of aromatic nitrogens is 1. The number of para-hydroxylation sites is 1. The smallest absolute Gasteiger partial charge is 0.252 e. The van der Waals surface area contributed by atoms with Gasteiger partial charge in [-0.15, -0.1) is 11.3 Å². The highest BCUT2D eigenvalue weighted by atomic mass is 32.1. The highest BCUT2D eigenvalue weighted by Crippen LogP contribution is 2.34. The van der Waals surface area contributed by atoms with E-state index in [-0.39, 0.29) is 30.9 Å². The predicted octanol–water partition coefficient (Wildman–Crippen LogP) is 4.97. The van der Waals surface area contributed by atoms with Gasteiger partial charge in [-0.1, -0.05) is 43.5 Å². The third-order valence-electron chi connectivity index (χ3n) is 6.95. The van der Waals surface area contributed by atoms with Crippen molar-refractivity contribution in [2.24, 2.45) is 11.7 Å². The summed E-state index contributed by atoms with van der Waals surface area (Å²) in [6.45, 7) is 4.78. The van der Waals surface area contributed by atoms with Crippen molar-refractivity contribution in [3.05, 3.63) is 52.9 Å². The number of pyridine rings is 1. The van der Waals surface area contributed by atoms with Gasteiger partial charge in [0, 0.05) is 30.1 Å². The number of nitrogens with one attached hydrogen (secondary N) is 1. The van der Waals surface area contributed by atoms with Gasteiger partial charge in [0.1, 0.15) is 0 Å². The van der Waals surface area contributed by atoms with E-state index in [4.69, 9.17) is 10.7 Å². The van der Waals surface area contributed by atoms with Gasteiger partial charge in [0.15, 0.2) is 0 Å². The van der Waals surface area contributed by atoms with Crippen molar-refractivity contribution in [2.75, 3.05) is 13.1 Å². The minimum atomic E-state index is -0.144. The Kier molecular flexibility index (Phi) is 7.95. The number of fused-ring (bicyclic) bond motifs is 1. The van der Waals surface area contributed by atoms with Gasteiger partial charge in [-0.25, -0.2) is 4.98 Å². The van der Waals surface area contributed by atoms with Gasteiger partial charge in [0.25, 0.3) is 5.91 Å². The molecule has 0 radical (unpaired) electrons. The number of rotatable bonds is 8. The maximum atomic E-state index is 13.9.